The lowest BCUT2D eigenvalue weighted by Crippen LogP contribution is -2.50. The molecule has 0 amide bonds. The van der Waals surface area contributed by atoms with E-state index < -0.39 is 0 Å². The van der Waals surface area contributed by atoms with Crippen molar-refractivity contribution in [3.05, 3.63) is 0 Å². The Balaban J connectivity index is 2.25. The van der Waals surface area contributed by atoms with Crippen LogP contribution in [0.3, 0.4) is 0 Å². The zero-order chi connectivity index (χ0) is 8.16. The largest absolute Gasteiger partial charge is 0.365 e. The molecule has 1 saturated heterocycles. The quantitative estimate of drug-likeness (QED) is 0.616. The highest BCUT2D eigenvalue weighted by molar-refractivity contribution is 6.14. The van der Waals surface area contributed by atoms with E-state index >= 15 is 0 Å². The minimum Gasteiger partial charge on any atom is -0.365 e. The Bertz CT molecular complexity index is 113. The maximum Gasteiger partial charge on any atom is 0.0946 e. The van der Waals surface area contributed by atoms with Crippen LogP contribution in [-0.4, -0.2) is 28.7 Å². The zero-order valence-electron chi connectivity index (χ0n) is 7.65. The van der Waals surface area contributed by atoms with Gasteiger partial charge in [0.2, 0.25) is 0 Å². The van der Waals surface area contributed by atoms with Crippen molar-refractivity contribution in [3.63, 3.8) is 0 Å². The molecule has 1 unspecified atom stereocenters. The summed E-state index contributed by atoms with van der Waals surface area (Å²) in [6.07, 6.45) is 5.00. The first-order chi connectivity index (χ1) is 5.27. The van der Waals surface area contributed by atoms with Crippen molar-refractivity contribution in [2.24, 2.45) is 0 Å². The van der Waals surface area contributed by atoms with Gasteiger partial charge in [-0.25, -0.2) is 0 Å². The van der Waals surface area contributed by atoms with Gasteiger partial charge in [-0.15, -0.1) is 0 Å². The molecule has 0 bridgehead atoms. The van der Waals surface area contributed by atoms with Gasteiger partial charge in [-0.1, -0.05) is 6.92 Å². The van der Waals surface area contributed by atoms with Crippen molar-refractivity contribution in [1.82, 2.24) is 5.32 Å². The predicted octanol–water partition coefficient (Wildman–Crippen LogP) is 0.206. The van der Waals surface area contributed by atoms with Crippen molar-refractivity contribution in [2.75, 3.05) is 13.2 Å². The van der Waals surface area contributed by atoms with E-state index in [1.165, 1.54) is 25.7 Å². The van der Waals surface area contributed by atoms with Crippen LogP contribution in [0.2, 0.25) is 0 Å². The molecular weight excluding hydrogens is 154 g/mol. The average molecular weight is 173 g/mol. The SMILES string of the molecule is CCCNC1([SiH3])CCCCO1. The van der Waals surface area contributed by atoms with E-state index in [1.807, 2.05) is 0 Å². The van der Waals surface area contributed by atoms with Crippen molar-refractivity contribution in [3.8, 4) is 0 Å². The topological polar surface area (TPSA) is 21.3 Å². The molecule has 66 valence electrons. The predicted molar refractivity (Wildman–Crippen MR) is 50.8 cm³/mol. The van der Waals surface area contributed by atoms with E-state index in [0.29, 0.717) is 0 Å². The molecule has 0 saturated carbocycles. The minimum atomic E-state index is 0.119. The van der Waals surface area contributed by atoms with Crippen molar-refractivity contribution < 1.29 is 4.74 Å². The van der Waals surface area contributed by atoms with Crippen LogP contribution >= 0.6 is 0 Å². The standard InChI is InChI=1S/C8H19NOSi/c1-2-6-9-8(11)5-3-4-7-10-8/h9H,2-7H2,1,11H3. The lowest BCUT2D eigenvalue weighted by Gasteiger charge is -2.35. The average Bonchev–Trinajstić information content (AvgIpc) is 2.03. The second kappa shape index (κ2) is 4.23. The number of hydrogen-bond acceptors (Lipinski definition) is 2. The van der Waals surface area contributed by atoms with E-state index in [0.717, 1.165) is 23.4 Å². The number of nitrogens with one attached hydrogen (secondary N) is 1. The third-order valence-electron chi connectivity index (χ3n) is 2.22. The molecule has 0 aliphatic carbocycles. The molecular formula is C8H19NOSi. The van der Waals surface area contributed by atoms with Crippen molar-refractivity contribution in [2.45, 2.75) is 38.0 Å². The Morgan fingerprint density at radius 1 is 1.55 bits per heavy atom. The molecule has 0 aromatic heterocycles. The van der Waals surface area contributed by atoms with Gasteiger partial charge in [-0.05, 0) is 32.2 Å². The molecule has 1 heterocycles. The molecule has 0 aromatic carbocycles. The molecule has 0 aromatic rings. The summed E-state index contributed by atoms with van der Waals surface area (Å²) >= 11 is 0. The van der Waals surface area contributed by atoms with Crippen LogP contribution in [0.5, 0.6) is 0 Å². The molecule has 1 fully saturated rings. The van der Waals surface area contributed by atoms with Crippen LogP contribution < -0.4 is 5.32 Å². The van der Waals surface area contributed by atoms with E-state index in [9.17, 15) is 0 Å². The molecule has 1 aliphatic heterocycles. The minimum absolute atomic E-state index is 0.119. The zero-order valence-corrected chi connectivity index (χ0v) is 9.65. The van der Waals surface area contributed by atoms with Crippen LogP contribution in [0.15, 0.2) is 0 Å². The fourth-order valence-electron chi connectivity index (χ4n) is 1.46. The Hall–Kier alpha value is 0.137. The van der Waals surface area contributed by atoms with Gasteiger partial charge in [0, 0.05) is 6.61 Å². The second-order valence-electron chi connectivity index (χ2n) is 3.46. The molecule has 0 radical (unpaired) electrons. The Morgan fingerprint density at radius 2 is 2.36 bits per heavy atom. The maximum absolute atomic E-state index is 5.72. The van der Waals surface area contributed by atoms with Gasteiger partial charge in [0.25, 0.3) is 0 Å². The summed E-state index contributed by atoms with van der Waals surface area (Å²) < 4.78 is 5.72. The maximum atomic E-state index is 5.72. The van der Waals surface area contributed by atoms with Crippen LogP contribution in [0.25, 0.3) is 0 Å². The summed E-state index contributed by atoms with van der Waals surface area (Å²) in [4.78, 5) is 0. The third-order valence-corrected chi connectivity index (χ3v) is 3.36. The lowest BCUT2D eigenvalue weighted by molar-refractivity contribution is -0.0395. The molecule has 0 spiro atoms. The molecule has 11 heavy (non-hydrogen) atoms. The number of ether oxygens (including phenoxy) is 1. The monoisotopic (exact) mass is 173 g/mol. The van der Waals surface area contributed by atoms with Gasteiger partial charge in [0.1, 0.15) is 0 Å². The highest BCUT2D eigenvalue weighted by Gasteiger charge is 2.25. The normalized spacial score (nSPS) is 32.5. The number of rotatable bonds is 3. The second-order valence-corrected chi connectivity index (χ2v) is 5.08. The fourth-order valence-corrected chi connectivity index (χ4v) is 2.27. The summed E-state index contributed by atoms with van der Waals surface area (Å²) in [7, 11) is 1.11. The molecule has 1 N–H and O–H groups in total. The van der Waals surface area contributed by atoms with E-state index in [1.54, 1.807) is 0 Å². The van der Waals surface area contributed by atoms with Gasteiger partial charge in [-0.3, -0.25) is 5.32 Å². The smallest absolute Gasteiger partial charge is 0.0946 e. The van der Waals surface area contributed by atoms with Gasteiger partial charge in [-0.2, -0.15) is 0 Å². The van der Waals surface area contributed by atoms with Gasteiger partial charge < -0.3 is 4.74 Å². The Morgan fingerprint density at radius 3 is 2.91 bits per heavy atom. The van der Waals surface area contributed by atoms with Crippen molar-refractivity contribution >= 4 is 10.2 Å². The molecule has 1 atom stereocenters. The first kappa shape index (κ1) is 9.23. The first-order valence-corrected chi connectivity index (χ1v) is 5.66. The molecule has 3 heteroatoms. The van der Waals surface area contributed by atoms with Crippen molar-refractivity contribution in [1.29, 1.82) is 0 Å². The first-order valence-electron chi connectivity index (χ1n) is 4.66. The van der Waals surface area contributed by atoms with Gasteiger partial charge >= 0.3 is 0 Å². The highest BCUT2D eigenvalue weighted by atomic mass is 28.1. The van der Waals surface area contributed by atoms with E-state index in [-0.39, 0.29) is 5.35 Å². The van der Waals surface area contributed by atoms with Crippen LogP contribution in [0, 0.1) is 0 Å². The summed E-state index contributed by atoms with van der Waals surface area (Å²) in [6.45, 7) is 4.25. The Labute approximate surface area is 72.1 Å². The summed E-state index contributed by atoms with van der Waals surface area (Å²) in [6, 6.07) is 0. The molecule has 1 aliphatic rings. The van der Waals surface area contributed by atoms with Crippen LogP contribution in [0.4, 0.5) is 0 Å². The number of hydrogen-bond donors (Lipinski definition) is 1. The fraction of sp³-hybridized carbons (Fsp3) is 1.00. The third kappa shape index (κ3) is 2.93. The van der Waals surface area contributed by atoms with Crippen LogP contribution in [-0.2, 0) is 4.74 Å². The lowest BCUT2D eigenvalue weighted by atomic mass is 10.2. The van der Waals surface area contributed by atoms with Crippen LogP contribution in [0.1, 0.15) is 32.6 Å². The van der Waals surface area contributed by atoms with Gasteiger partial charge in [0.05, 0.1) is 15.6 Å². The van der Waals surface area contributed by atoms with E-state index in [4.69, 9.17) is 4.74 Å². The van der Waals surface area contributed by atoms with Gasteiger partial charge in [0.15, 0.2) is 0 Å². The molecule has 1 rings (SSSR count). The molecule has 2 nitrogen and oxygen atoms in total. The summed E-state index contributed by atoms with van der Waals surface area (Å²) in [5.74, 6) is 0. The van der Waals surface area contributed by atoms with E-state index in [2.05, 4.69) is 12.2 Å². The highest BCUT2D eigenvalue weighted by Crippen LogP contribution is 2.18. The Kier molecular flexibility index (Phi) is 3.55. The summed E-state index contributed by atoms with van der Waals surface area (Å²) in [5.41, 5.74) is 0. The summed E-state index contributed by atoms with van der Waals surface area (Å²) in [5, 5.41) is 3.61.